The number of aromatic nitrogens is 2. The number of carbonyl (C=O) groups is 1. The summed E-state index contributed by atoms with van der Waals surface area (Å²) >= 11 is 0. The molecular weight excluding hydrogens is 423 g/mol. The van der Waals surface area contributed by atoms with Crippen molar-refractivity contribution in [2.24, 2.45) is 5.73 Å². The lowest BCUT2D eigenvalue weighted by molar-refractivity contribution is -0.221. The third-order valence-electron chi connectivity index (χ3n) is 5.83. The summed E-state index contributed by atoms with van der Waals surface area (Å²) in [4.78, 5) is 11.9. The molecule has 3 rings (SSSR count). The van der Waals surface area contributed by atoms with Gasteiger partial charge in [0, 0.05) is 23.9 Å². The molecule has 0 radical (unpaired) electrons. The molecule has 2 aromatic rings. The fourth-order valence-corrected chi connectivity index (χ4v) is 3.88. The Kier molecular flexibility index (Phi) is 7.91. The minimum Gasteiger partial charge on any atom is -0.383 e. The number of carbonyl (C=O) groups excluding carboxylic acids is 1. The molecule has 0 spiro atoms. The summed E-state index contributed by atoms with van der Waals surface area (Å²) in [5.41, 5.74) is 5.13. The maximum absolute atomic E-state index is 13.0. The Morgan fingerprint density at radius 1 is 1.22 bits per heavy atom. The SMILES string of the molecule is C#N.CC(C)(c1ccc(Nc2nn(C3CCCCC3)cc2C(N)=O)cc1)C(O)C(F)(F)F. The van der Waals surface area contributed by atoms with Crippen LogP contribution < -0.4 is 11.1 Å². The van der Waals surface area contributed by atoms with Crippen LogP contribution >= 0.6 is 0 Å². The van der Waals surface area contributed by atoms with Crippen molar-refractivity contribution < 1.29 is 23.1 Å². The van der Waals surface area contributed by atoms with E-state index >= 15 is 0 Å². The monoisotopic (exact) mass is 451 g/mol. The van der Waals surface area contributed by atoms with Crippen molar-refractivity contribution in [2.75, 3.05) is 5.32 Å². The highest BCUT2D eigenvalue weighted by atomic mass is 19.4. The zero-order valence-corrected chi connectivity index (χ0v) is 18.1. The van der Waals surface area contributed by atoms with Gasteiger partial charge in [0.25, 0.3) is 5.91 Å². The Morgan fingerprint density at radius 3 is 2.28 bits per heavy atom. The lowest BCUT2D eigenvalue weighted by atomic mass is 9.79. The molecule has 1 aromatic heterocycles. The number of aliphatic hydroxyl groups excluding tert-OH is 1. The van der Waals surface area contributed by atoms with Crippen LogP contribution in [0.3, 0.4) is 0 Å². The molecule has 32 heavy (non-hydrogen) atoms. The van der Waals surface area contributed by atoms with Crippen LogP contribution in [0.15, 0.2) is 30.5 Å². The van der Waals surface area contributed by atoms with Gasteiger partial charge >= 0.3 is 6.18 Å². The lowest BCUT2D eigenvalue weighted by Crippen LogP contribution is -2.44. The number of primary amides is 1. The molecule has 1 saturated carbocycles. The number of halogens is 3. The average Bonchev–Trinajstić information content (AvgIpc) is 3.19. The first kappa shape index (κ1) is 25.2. The van der Waals surface area contributed by atoms with Crippen LogP contribution in [0.25, 0.3) is 0 Å². The molecule has 1 aliphatic rings. The molecular formula is C22H28F3N5O2. The number of hydrogen-bond donors (Lipinski definition) is 3. The van der Waals surface area contributed by atoms with Gasteiger partial charge in [0.05, 0.1) is 6.04 Å². The quantitative estimate of drug-likeness (QED) is 0.595. The molecule has 1 fully saturated rings. The number of nitrogens with zero attached hydrogens (tertiary/aromatic N) is 3. The molecule has 10 heteroatoms. The van der Waals surface area contributed by atoms with Crippen LogP contribution in [0.5, 0.6) is 0 Å². The minimum absolute atomic E-state index is 0.222. The number of rotatable bonds is 6. The number of nitrogens with two attached hydrogens (primary N) is 1. The standard InChI is InChI=1S/C21H27F3N4O2.CHN/c1-20(2,19(30)21(22,23)24)13-8-10-14(11-9-13)26-18-16(17(25)29)12-28(27-18)15-6-4-3-5-7-15;1-2/h8-12,15,19,30H,3-7H2,1-2H3,(H2,25,29)(H,26,27);1H. The van der Waals surface area contributed by atoms with E-state index in [9.17, 15) is 23.1 Å². The fourth-order valence-electron chi connectivity index (χ4n) is 3.88. The van der Waals surface area contributed by atoms with Gasteiger partial charge in [-0.05, 0) is 30.5 Å². The van der Waals surface area contributed by atoms with Crippen LogP contribution in [-0.2, 0) is 5.41 Å². The predicted molar refractivity (Wildman–Crippen MR) is 114 cm³/mol. The van der Waals surface area contributed by atoms with Crippen LogP contribution in [0.4, 0.5) is 24.7 Å². The smallest absolute Gasteiger partial charge is 0.383 e. The average molecular weight is 451 g/mol. The van der Waals surface area contributed by atoms with Crippen molar-refractivity contribution >= 4 is 17.4 Å². The highest BCUT2D eigenvalue weighted by molar-refractivity contribution is 5.98. The van der Waals surface area contributed by atoms with Crippen LogP contribution in [0.2, 0.25) is 0 Å². The summed E-state index contributed by atoms with van der Waals surface area (Å²) in [5.74, 6) is -0.291. The molecule has 174 valence electrons. The molecule has 4 N–H and O–H groups in total. The van der Waals surface area contributed by atoms with E-state index in [0.29, 0.717) is 17.1 Å². The van der Waals surface area contributed by atoms with Crippen molar-refractivity contribution in [1.82, 2.24) is 9.78 Å². The maximum Gasteiger partial charge on any atom is 0.415 e. The second-order valence-electron chi connectivity index (χ2n) is 8.40. The summed E-state index contributed by atoms with van der Waals surface area (Å²) in [7, 11) is 0. The Balaban J connectivity index is 0.00000176. The summed E-state index contributed by atoms with van der Waals surface area (Å²) in [5, 5.41) is 23.7. The van der Waals surface area contributed by atoms with E-state index in [1.165, 1.54) is 32.4 Å². The largest absolute Gasteiger partial charge is 0.415 e. The highest BCUT2D eigenvalue weighted by Gasteiger charge is 2.48. The lowest BCUT2D eigenvalue weighted by Gasteiger charge is -2.32. The minimum atomic E-state index is -4.72. The van der Waals surface area contributed by atoms with Crippen molar-refractivity contribution in [2.45, 2.75) is 69.7 Å². The van der Waals surface area contributed by atoms with Gasteiger partial charge < -0.3 is 16.2 Å². The second kappa shape index (κ2) is 10.0. The number of aliphatic hydroxyl groups is 1. The Hall–Kier alpha value is -3.06. The molecule has 1 aromatic carbocycles. The number of nitriles is 1. The van der Waals surface area contributed by atoms with Gasteiger partial charge in [0.1, 0.15) is 5.56 Å². The van der Waals surface area contributed by atoms with Gasteiger partial charge in [-0.25, -0.2) is 5.26 Å². The van der Waals surface area contributed by atoms with Gasteiger partial charge in [-0.3, -0.25) is 9.48 Å². The zero-order valence-electron chi connectivity index (χ0n) is 18.1. The molecule has 0 bridgehead atoms. The van der Waals surface area contributed by atoms with E-state index in [0.717, 1.165) is 25.7 Å². The normalized spacial score (nSPS) is 16.0. The third-order valence-corrected chi connectivity index (χ3v) is 5.83. The zero-order chi connectivity index (χ0) is 24.1. The number of anilines is 2. The molecule has 0 saturated heterocycles. The highest BCUT2D eigenvalue weighted by Crippen LogP contribution is 2.37. The van der Waals surface area contributed by atoms with E-state index in [1.807, 2.05) is 0 Å². The third kappa shape index (κ3) is 5.59. The summed E-state index contributed by atoms with van der Waals surface area (Å²) in [6.45, 7) is 6.18. The van der Waals surface area contributed by atoms with E-state index in [4.69, 9.17) is 11.0 Å². The summed E-state index contributed by atoms with van der Waals surface area (Å²) in [6.07, 6.45) is -0.162. The van der Waals surface area contributed by atoms with Gasteiger partial charge in [-0.15, -0.1) is 0 Å². The number of benzene rings is 1. The van der Waals surface area contributed by atoms with Gasteiger partial charge in [0.15, 0.2) is 11.9 Å². The topological polar surface area (TPSA) is 117 Å². The van der Waals surface area contributed by atoms with Crippen LogP contribution in [0.1, 0.15) is 67.9 Å². The van der Waals surface area contributed by atoms with Crippen LogP contribution in [0, 0.1) is 11.8 Å². The Morgan fingerprint density at radius 2 is 1.78 bits per heavy atom. The number of nitrogens with one attached hydrogen (secondary N) is 1. The van der Waals surface area contributed by atoms with Gasteiger partial charge in [-0.2, -0.15) is 18.3 Å². The number of hydrogen-bond acceptors (Lipinski definition) is 5. The van der Waals surface area contributed by atoms with Crippen molar-refractivity contribution in [3.05, 3.63) is 41.6 Å². The Bertz CT molecular complexity index is 929. The molecule has 1 unspecified atom stereocenters. The first-order chi connectivity index (χ1) is 15.0. The molecule has 1 atom stereocenters. The van der Waals surface area contributed by atoms with E-state index in [2.05, 4.69) is 17.0 Å². The van der Waals surface area contributed by atoms with E-state index < -0.39 is 23.6 Å². The van der Waals surface area contributed by atoms with Crippen molar-refractivity contribution in [3.8, 4) is 6.57 Å². The number of amides is 1. The molecule has 7 nitrogen and oxygen atoms in total. The first-order valence-electron chi connectivity index (χ1n) is 10.3. The van der Waals surface area contributed by atoms with Crippen molar-refractivity contribution in [3.63, 3.8) is 0 Å². The fraction of sp³-hybridized carbons (Fsp3) is 0.500. The van der Waals surface area contributed by atoms with E-state index in [-0.39, 0.29) is 11.6 Å². The first-order valence-corrected chi connectivity index (χ1v) is 10.3. The van der Waals surface area contributed by atoms with Gasteiger partial charge in [0.2, 0.25) is 0 Å². The predicted octanol–water partition coefficient (Wildman–Crippen LogP) is 4.57. The Labute approximate surface area is 185 Å². The van der Waals surface area contributed by atoms with Gasteiger partial charge in [-0.1, -0.05) is 45.2 Å². The van der Waals surface area contributed by atoms with Crippen molar-refractivity contribution in [1.29, 1.82) is 5.26 Å². The molecule has 1 aliphatic carbocycles. The van der Waals surface area contributed by atoms with E-state index in [1.54, 1.807) is 23.0 Å². The summed E-state index contributed by atoms with van der Waals surface area (Å²) in [6, 6.07) is 6.42. The maximum atomic E-state index is 13.0. The summed E-state index contributed by atoms with van der Waals surface area (Å²) < 4.78 is 40.6. The second-order valence-corrected chi connectivity index (χ2v) is 8.40. The molecule has 1 heterocycles. The van der Waals surface area contributed by atoms with Crippen LogP contribution in [-0.4, -0.2) is 33.1 Å². The molecule has 1 amide bonds. The number of alkyl halides is 3. The molecule has 0 aliphatic heterocycles.